The predicted octanol–water partition coefficient (Wildman–Crippen LogP) is 4.85. The minimum absolute atomic E-state index is 0.588. The predicted molar refractivity (Wildman–Crippen MR) is 135 cm³/mol. The fourth-order valence-corrected chi connectivity index (χ4v) is 4.46. The molecule has 0 aromatic carbocycles. The Labute approximate surface area is 205 Å². The van der Waals surface area contributed by atoms with Crippen molar-refractivity contribution in [3.8, 4) is 0 Å². The molecule has 172 valence electrons. The van der Waals surface area contributed by atoms with Crippen LogP contribution in [0, 0.1) is 0 Å². The molecule has 5 aromatic heterocycles. The summed E-state index contributed by atoms with van der Waals surface area (Å²) in [5, 5.41) is 0. The molecule has 0 amide bonds. The lowest BCUT2D eigenvalue weighted by Gasteiger charge is -2.43. The van der Waals surface area contributed by atoms with Crippen LogP contribution < -0.4 is 0 Å². The second-order valence-corrected chi connectivity index (χ2v) is 8.33. The van der Waals surface area contributed by atoms with E-state index in [9.17, 15) is 0 Å². The summed E-state index contributed by atoms with van der Waals surface area (Å²) in [6.45, 7) is 1.18. The van der Waals surface area contributed by atoms with Gasteiger partial charge in [-0.15, -0.1) is 0 Å². The highest BCUT2D eigenvalue weighted by Crippen LogP contribution is 2.39. The van der Waals surface area contributed by atoms with Crippen LogP contribution in [0.25, 0.3) is 0 Å². The van der Waals surface area contributed by atoms with Gasteiger partial charge in [0.1, 0.15) is 5.54 Å². The molecule has 0 aliphatic heterocycles. The van der Waals surface area contributed by atoms with Gasteiger partial charge in [0.25, 0.3) is 0 Å². The molecule has 35 heavy (non-hydrogen) atoms. The number of pyridine rings is 5. The van der Waals surface area contributed by atoms with Gasteiger partial charge >= 0.3 is 0 Å². The van der Waals surface area contributed by atoms with Gasteiger partial charge in [0.15, 0.2) is 0 Å². The average molecular weight is 459 g/mol. The first-order chi connectivity index (χ1) is 17.3. The second-order valence-electron chi connectivity index (χ2n) is 8.33. The fourth-order valence-electron chi connectivity index (χ4n) is 4.46. The van der Waals surface area contributed by atoms with Crippen LogP contribution in [0.2, 0.25) is 0 Å². The first-order valence-corrected chi connectivity index (χ1v) is 11.6. The summed E-state index contributed by atoms with van der Waals surface area (Å²) in [6, 6.07) is 28.2. The summed E-state index contributed by atoms with van der Waals surface area (Å²) in [5.74, 6) is 0. The Hall–Kier alpha value is -4.29. The molecule has 0 unspecified atom stereocenters. The fraction of sp³-hybridized carbons (Fsp3) is 0.138. The summed E-state index contributed by atoms with van der Waals surface area (Å²) in [7, 11) is 0. The van der Waals surface area contributed by atoms with E-state index in [0.717, 1.165) is 28.3 Å². The third-order valence-electron chi connectivity index (χ3n) is 6.06. The largest absolute Gasteiger partial charge is 0.275 e. The molecule has 0 spiro atoms. The van der Waals surface area contributed by atoms with Crippen molar-refractivity contribution in [2.24, 2.45) is 0 Å². The zero-order valence-electron chi connectivity index (χ0n) is 19.4. The van der Waals surface area contributed by atoms with E-state index >= 15 is 0 Å². The van der Waals surface area contributed by atoms with Gasteiger partial charge < -0.3 is 0 Å². The highest BCUT2D eigenvalue weighted by molar-refractivity contribution is 5.34. The van der Waals surface area contributed by atoms with Crippen molar-refractivity contribution in [3.05, 3.63) is 150 Å². The lowest BCUT2D eigenvalue weighted by molar-refractivity contribution is 0.0917. The molecule has 5 heterocycles. The van der Waals surface area contributed by atoms with E-state index < -0.39 is 5.54 Å². The number of hydrogen-bond donors (Lipinski definition) is 0. The van der Waals surface area contributed by atoms with Crippen molar-refractivity contribution in [2.75, 3.05) is 0 Å². The maximum atomic E-state index is 4.89. The molecule has 0 atom stereocenters. The van der Waals surface area contributed by atoms with E-state index in [1.807, 2.05) is 85.6 Å². The SMILES string of the molecule is c1ccc(CN(Cc2ccccn2)C(Cc2cccnc2)(c2ccccn2)c2ccccn2)nc1. The maximum absolute atomic E-state index is 4.89. The van der Waals surface area contributed by atoms with Crippen LogP contribution in [0.3, 0.4) is 0 Å². The zero-order chi connectivity index (χ0) is 23.8. The van der Waals surface area contributed by atoms with Gasteiger partial charge in [-0.25, -0.2) is 0 Å². The van der Waals surface area contributed by atoms with Gasteiger partial charge in [0, 0.05) is 56.7 Å². The van der Waals surface area contributed by atoms with Crippen molar-refractivity contribution >= 4 is 0 Å². The van der Waals surface area contributed by atoms with Gasteiger partial charge in [-0.2, -0.15) is 0 Å². The Bertz CT molecular complexity index is 1220. The Balaban J connectivity index is 1.73. The van der Waals surface area contributed by atoms with E-state index in [-0.39, 0.29) is 0 Å². The lowest BCUT2D eigenvalue weighted by Crippen LogP contribution is -2.49. The van der Waals surface area contributed by atoms with Crippen molar-refractivity contribution in [1.29, 1.82) is 0 Å². The smallest absolute Gasteiger partial charge is 0.111 e. The molecule has 0 N–H and O–H groups in total. The van der Waals surface area contributed by atoms with Crippen LogP contribution in [0.15, 0.2) is 122 Å². The average Bonchev–Trinajstić information content (AvgIpc) is 2.94. The Morgan fingerprint density at radius 1 is 0.543 bits per heavy atom. The molecule has 0 fully saturated rings. The molecule has 5 rings (SSSR count). The number of aromatic nitrogens is 5. The normalized spacial score (nSPS) is 11.5. The van der Waals surface area contributed by atoms with Gasteiger partial charge in [-0.3, -0.25) is 29.8 Å². The molecular formula is C29H26N6. The topological polar surface area (TPSA) is 67.7 Å². The van der Waals surface area contributed by atoms with E-state index in [1.54, 1.807) is 6.20 Å². The maximum Gasteiger partial charge on any atom is 0.111 e. The standard InChI is InChI=1S/C29H26N6/c1-5-16-31-25(11-1)22-35(23-26-12-2-6-17-32-26)29(27-13-3-7-18-33-27,28-14-4-8-19-34-28)20-24-10-9-15-30-21-24/h1-19,21H,20,22-23H2. The van der Waals surface area contributed by atoms with Crippen LogP contribution in [0.5, 0.6) is 0 Å². The van der Waals surface area contributed by atoms with Crippen molar-refractivity contribution < 1.29 is 0 Å². The quantitative estimate of drug-likeness (QED) is 0.315. The van der Waals surface area contributed by atoms with Crippen LogP contribution in [0.1, 0.15) is 28.3 Å². The van der Waals surface area contributed by atoms with Crippen LogP contribution >= 0.6 is 0 Å². The Kier molecular flexibility index (Phi) is 6.92. The Morgan fingerprint density at radius 3 is 1.51 bits per heavy atom. The molecule has 6 nitrogen and oxygen atoms in total. The first kappa shape index (κ1) is 22.5. The third-order valence-corrected chi connectivity index (χ3v) is 6.06. The van der Waals surface area contributed by atoms with Gasteiger partial charge in [-0.1, -0.05) is 30.3 Å². The van der Waals surface area contributed by atoms with E-state index in [1.165, 1.54) is 0 Å². The number of nitrogens with zero attached hydrogens (tertiary/aromatic N) is 6. The zero-order valence-corrected chi connectivity index (χ0v) is 19.4. The minimum Gasteiger partial charge on any atom is -0.275 e. The summed E-state index contributed by atoms with van der Waals surface area (Å²) < 4.78 is 0. The molecule has 0 radical (unpaired) electrons. The summed E-state index contributed by atoms with van der Waals surface area (Å²) in [5.41, 5.74) is 4.15. The summed E-state index contributed by atoms with van der Waals surface area (Å²) in [6.07, 6.45) is 11.7. The summed E-state index contributed by atoms with van der Waals surface area (Å²) in [4.78, 5) is 25.9. The van der Waals surface area contributed by atoms with Crippen LogP contribution in [0.4, 0.5) is 0 Å². The number of rotatable bonds is 9. The summed E-state index contributed by atoms with van der Waals surface area (Å²) >= 11 is 0. The molecule has 0 saturated heterocycles. The van der Waals surface area contributed by atoms with Gasteiger partial charge in [0.05, 0.1) is 22.8 Å². The van der Waals surface area contributed by atoms with Crippen molar-refractivity contribution in [2.45, 2.75) is 25.0 Å². The lowest BCUT2D eigenvalue weighted by atomic mass is 9.81. The van der Waals surface area contributed by atoms with Crippen molar-refractivity contribution in [1.82, 2.24) is 29.8 Å². The van der Waals surface area contributed by atoms with Gasteiger partial charge in [0.2, 0.25) is 0 Å². The van der Waals surface area contributed by atoms with Crippen molar-refractivity contribution in [3.63, 3.8) is 0 Å². The first-order valence-electron chi connectivity index (χ1n) is 11.6. The van der Waals surface area contributed by atoms with E-state index in [2.05, 4.69) is 50.2 Å². The van der Waals surface area contributed by atoms with E-state index in [4.69, 9.17) is 9.97 Å². The molecule has 0 bridgehead atoms. The van der Waals surface area contributed by atoms with Gasteiger partial charge in [-0.05, 0) is 60.2 Å². The highest BCUT2D eigenvalue weighted by Gasteiger charge is 2.43. The molecular weight excluding hydrogens is 432 g/mol. The number of hydrogen-bond acceptors (Lipinski definition) is 6. The van der Waals surface area contributed by atoms with Crippen LogP contribution in [-0.2, 0) is 25.0 Å². The molecule has 0 saturated carbocycles. The molecule has 6 heteroatoms. The molecule has 0 aliphatic carbocycles. The van der Waals surface area contributed by atoms with Crippen LogP contribution in [-0.4, -0.2) is 29.8 Å². The second kappa shape index (κ2) is 10.8. The van der Waals surface area contributed by atoms with E-state index in [0.29, 0.717) is 19.5 Å². The monoisotopic (exact) mass is 458 g/mol. The third kappa shape index (κ3) is 5.13. The highest BCUT2D eigenvalue weighted by atomic mass is 15.2. The Morgan fingerprint density at radius 2 is 1.09 bits per heavy atom. The molecule has 0 aliphatic rings. The molecule has 5 aromatic rings. The minimum atomic E-state index is -0.694.